The van der Waals surface area contributed by atoms with E-state index in [0.717, 1.165) is 31.9 Å². The number of ether oxygens (including phenoxy) is 1. The number of piperidine rings is 1. The summed E-state index contributed by atoms with van der Waals surface area (Å²) in [6.45, 7) is 15.3. The molecule has 234 valence electrons. The van der Waals surface area contributed by atoms with Crippen LogP contribution in [0.15, 0.2) is 24.3 Å². The van der Waals surface area contributed by atoms with Crippen LogP contribution in [-0.2, 0) is 11.2 Å². The van der Waals surface area contributed by atoms with Gasteiger partial charge in [0.25, 0.3) is 5.91 Å². The van der Waals surface area contributed by atoms with Crippen LogP contribution in [0.1, 0.15) is 56.7 Å². The fourth-order valence-electron chi connectivity index (χ4n) is 6.00. The van der Waals surface area contributed by atoms with Crippen molar-refractivity contribution in [1.29, 1.82) is 0 Å². The van der Waals surface area contributed by atoms with Crippen molar-refractivity contribution >= 4 is 35.0 Å². The zero-order valence-corrected chi connectivity index (χ0v) is 26.2. The molecule has 43 heavy (non-hydrogen) atoms. The Labute approximate surface area is 254 Å². The van der Waals surface area contributed by atoms with Crippen molar-refractivity contribution in [2.75, 3.05) is 74.5 Å². The number of nitrogens with one attached hydrogen (secondary N) is 2. The Kier molecular flexibility index (Phi) is 9.26. The molecule has 0 radical (unpaired) electrons. The predicted octanol–water partition coefficient (Wildman–Crippen LogP) is 2.81. The number of benzene rings is 1. The minimum absolute atomic E-state index is 0.0623. The highest BCUT2D eigenvalue weighted by molar-refractivity contribution is 5.96. The van der Waals surface area contributed by atoms with Gasteiger partial charge in [-0.3, -0.25) is 9.69 Å². The predicted molar refractivity (Wildman–Crippen MR) is 169 cm³/mol. The van der Waals surface area contributed by atoms with E-state index in [-0.39, 0.29) is 11.7 Å². The maximum atomic E-state index is 12.3. The lowest BCUT2D eigenvalue weighted by molar-refractivity contribution is 0.0495. The first-order chi connectivity index (χ1) is 20.5. The molecule has 3 aliphatic rings. The Hall–Kier alpha value is -3.64. The van der Waals surface area contributed by atoms with Crippen LogP contribution < -0.4 is 26.2 Å². The van der Waals surface area contributed by atoms with Gasteiger partial charge < -0.3 is 35.8 Å². The van der Waals surface area contributed by atoms with Crippen LogP contribution in [0.5, 0.6) is 0 Å². The van der Waals surface area contributed by atoms with Crippen molar-refractivity contribution in [3.63, 3.8) is 0 Å². The smallest absolute Gasteiger partial charge is 0.407 e. The second-order valence-electron chi connectivity index (χ2n) is 12.9. The summed E-state index contributed by atoms with van der Waals surface area (Å²) in [5.41, 5.74) is 7.95. The fourth-order valence-corrected chi connectivity index (χ4v) is 6.00. The SMILES string of the molecule is CCc1nc(C(N)=O)c(Nc2ccc(N3CCC(N4CCN(C)CC4)CC3)cc2)nc1N1CC(NC(=O)OC(C)(C)C)C1. The van der Waals surface area contributed by atoms with Gasteiger partial charge in [0.05, 0.1) is 11.7 Å². The van der Waals surface area contributed by atoms with Crippen molar-refractivity contribution in [3.05, 3.63) is 35.7 Å². The summed E-state index contributed by atoms with van der Waals surface area (Å²) in [6, 6.07) is 8.84. The van der Waals surface area contributed by atoms with Crippen LogP contribution in [0, 0.1) is 0 Å². The van der Waals surface area contributed by atoms with Gasteiger partial charge in [-0.25, -0.2) is 14.8 Å². The van der Waals surface area contributed by atoms with E-state index in [4.69, 9.17) is 15.5 Å². The normalized spacial score (nSPS) is 19.2. The minimum atomic E-state index is -0.635. The highest BCUT2D eigenvalue weighted by Crippen LogP contribution is 2.29. The summed E-state index contributed by atoms with van der Waals surface area (Å²) >= 11 is 0. The van der Waals surface area contributed by atoms with E-state index in [1.165, 1.54) is 31.6 Å². The number of piperazine rings is 1. The van der Waals surface area contributed by atoms with Crippen LogP contribution in [0.2, 0.25) is 0 Å². The summed E-state index contributed by atoms with van der Waals surface area (Å²) in [7, 11) is 2.20. The number of carbonyl (C=O) groups is 2. The lowest BCUT2D eigenvalue weighted by Gasteiger charge is -2.42. The molecule has 1 aromatic carbocycles. The van der Waals surface area contributed by atoms with Crippen molar-refractivity contribution in [2.45, 2.75) is 64.6 Å². The van der Waals surface area contributed by atoms with E-state index in [0.29, 0.717) is 42.9 Å². The van der Waals surface area contributed by atoms with E-state index in [1.807, 2.05) is 44.7 Å². The number of nitrogens with zero attached hydrogens (tertiary/aromatic N) is 6. The Morgan fingerprint density at radius 2 is 1.63 bits per heavy atom. The number of alkyl carbamates (subject to hydrolysis) is 1. The second-order valence-corrected chi connectivity index (χ2v) is 12.9. The summed E-state index contributed by atoms with van der Waals surface area (Å²) in [4.78, 5) is 43.5. The zero-order valence-electron chi connectivity index (χ0n) is 26.2. The van der Waals surface area contributed by atoms with E-state index in [1.54, 1.807) is 0 Å². The Bertz CT molecular complexity index is 1270. The van der Waals surface area contributed by atoms with E-state index in [9.17, 15) is 9.59 Å². The number of anilines is 4. The number of hydrogen-bond acceptors (Lipinski definition) is 10. The van der Waals surface area contributed by atoms with Gasteiger partial charge in [-0.2, -0.15) is 0 Å². The quantitative estimate of drug-likeness (QED) is 0.420. The molecule has 12 heteroatoms. The lowest BCUT2D eigenvalue weighted by Crippen LogP contribution is -2.60. The summed E-state index contributed by atoms with van der Waals surface area (Å²) in [5, 5.41) is 6.18. The molecule has 2 amide bonds. The number of aryl methyl sites for hydroxylation is 1. The van der Waals surface area contributed by atoms with Crippen LogP contribution in [0.3, 0.4) is 0 Å². The zero-order chi connectivity index (χ0) is 30.7. The molecule has 12 nitrogen and oxygen atoms in total. The van der Waals surface area contributed by atoms with Crippen molar-refractivity contribution in [2.24, 2.45) is 5.73 Å². The molecule has 0 saturated carbocycles. The molecule has 3 saturated heterocycles. The van der Waals surface area contributed by atoms with E-state index in [2.05, 4.69) is 49.5 Å². The maximum absolute atomic E-state index is 12.3. The molecule has 4 heterocycles. The summed E-state index contributed by atoms with van der Waals surface area (Å²) < 4.78 is 5.37. The fraction of sp³-hybridized carbons (Fsp3) is 0.613. The van der Waals surface area contributed by atoms with Gasteiger partial charge >= 0.3 is 6.09 Å². The van der Waals surface area contributed by atoms with Crippen LogP contribution in [0.25, 0.3) is 0 Å². The van der Waals surface area contributed by atoms with Crippen LogP contribution in [-0.4, -0.2) is 109 Å². The number of nitrogens with two attached hydrogens (primary N) is 1. The van der Waals surface area contributed by atoms with Crippen molar-refractivity contribution in [3.8, 4) is 0 Å². The van der Waals surface area contributed by atoms with Crippen LogP contribution >= 0.6 is 0 Å². The highest BCUT2D eigenvalue weighted by Gasteiger charge is 2.33. The van der Waals surface area contributed by atoms with Crippen molar-refractivity contribution < 1.29 is 14.3 Å². The highest BCUT2D eigenvalue weighted by atomic mass is 16.6. The molecule has 3 aliphatic heterocycles. The first-order valence-electron chi connectivity index (χ1n) is 15.5. The average Bonchev–Trinajstić information content (AvgIpc) is 2.94. The molecule has 1 aromatic heterocycles. The number of rotatable bonds is 8. The number of primary amides is 1. The lowest BCUT2D eigenvalue weighted by atomic mass is 10.0. The third-order valence-corrected chi connectivity index (χ3v) is 8.43. The van der Waals surface area contributed by atoms with Gasteiger partial charge in [0, 0.05) is 69.8 Å². The molecular formula is C31H47N9O3. The molecule has 0 atom stereocenters. The standard InChI is InChI=1S/C31H47N9O3/c1-6-25-29(40-19-22(20-40)34-30(42)43-31(2,3)4)36-28(26(35-25)27(32)41)33-21-7-9-23(10-8-21)38-13-11-24(12-14-38)39-17-15-37(5)16-18-39/h7-10,22,24H,6,11-20H2,1-5H3,(H2,32,41)(H,33,36)(H,34,42). The van der Waals surface area contributed by atoms with Gasteiger partial charge in [0.2, 0.25) is 0 Å². The van der Waals surface area contributed by atoms with Gasteiger partial charge in [0.15, 0.2) is 17.3 Å². The molecule has 2 aromatic rings. The van der Waals surface area contributed by atoms with E-state index < -0.39 is 17.6 Å². The third-order valence-electron chi connectivity index (χ3n) is 8.43. The van der Waals surface area contributed by atoms with Gasteiger partial charge in [-0.05, 0) is 71.3 Å². The number of likely N-dealkylation sites (N-methyl/N-ethyl adjacent to an activating group) is 1. The first-order valence-corrected chi connectivity index (χ1v) is 15.5. The topological polar surface area (TPSA) is 132 Å². The Morgan fingerprint density at radius 3 is 2.21 bits per heavy atom. The molecule has 0 spiro atoms. The minimum Gasteiger partial charge on any atom is -0.444 e. The monoisotopic (exact) mass is 593 g/mol. The number of aromatic nitrogens is 2. The van der Waals surface area contributed by atoms with Crippen LogP contribution in [0.4, 0.5) is 27.8 Å². The van der Waals surface area contributed by atoms with Crippen molar-refractivity contribution in [1.82, 2.24) is 25.1 Å². The van der Waals surface area contributed by atoms with Gasteiger partial charge in [-0.15, -0.1) is 0 Å². The molecule has 0 aliphatic carbocycles. The molecular weight excluding hydrogens is 546 g/mol. The number of hydrogen-bond donors (Lipinski definition) is 3. The summed E-state index contributed by atoms with van der Waals surface area (Å²) in [5.74, 6) is 0.366. The second kappa shape index (κ2) is 12.9. The molecule has 4 N–H and O–H groups in total. The Balaban J connectivity index is 1.22. The van der Waals surface area contributed by atoms with E-state index >= 15 is 0 Å². The molecule has 3 fully saturated rings. The van der Waals surface area contributed by atoms with Gasteiger partial charge in [0.1, 0.15) is 5.60 Å². The third kappa shape index (κ3) is 7.66. The van der Waals surface area contributed by atoms with Gasteiger partial charge in [-0.1, -0.05) is 6.92 Å². The first kappa shape index (κ1) is 30.8. The Morgan fingerprint density at radius 1 is 0.977 bits per heavy atom. The maximum Gasteiger partial charge on any atom is 0.407 e. The molecule has 0 unspecified atom stereocenters. The summed E-state index contributed by atoms with van der Waals surface area (Å²) in [6.07, 6.45) is 2.51. The molecule has 0 bridgehead atoms. The average molecular weight is 594 g/mol. The number of amides is 2. The largest absolute Gasteiger partial charge is 0.444 e. The molecule has 5 rings (SSSR count). The number of carbonyl (C=O) groups excluding carboxylic acids is 2.